The standard InChI is InChI=1S/C33H27FNS.C13H24O2.Ir/c1-20-22-13-9-10-14-24(22)28(33(2,3)4)19-27(20)30-32-26(17-18-35(30)5)25-16-15-23(29(34)31(25)36-32)21-11-7-6-8-12-21;1-5-10(6-2)12(14)9-13(15)11(7-3)8-4;/h6-19H,1,5H2,2-4H3;9-11,14H,5-8H2,1-4H3;/q-1;;/b;12-9-;. The zero-order valence-corrected chi connectivity index (χ0v) is 34.7. The van der Waals surface area contributed by atoms with Gasteiger partial charge in [-0.05, 0) is 48.1 Å². The number of allylic oxidation sites excluding steroid dienone is 2. The zero-order valence-electron chi connectivity index (χ0n) is 31.5. The summed E-state index contributed by atoms with van der Waals surface area (Å²) in [6.45, 7) is 19.3. The molecule has 3 nitrogen and oxygen atoms in total. The van der Waals surface area contributed by atoms with Crippen molar-refractivity contribution in [1.82, 2.24) is 0 Å². The minimum atomic E-state index is -0.176. The van der Waals surface area contributed by atoms with E-state index in [4.69, 9.17) is 0 Å². The number of rotatable bonds is 9. The molecule has 0 aliphatic rings. The number of nitrogens with zero attached hydrogens (tertiary/aromatic N) is 1. The van der Waals surface area contributed by atoms with Gasteiger partial charge in [0.15, 0.2) is 5.78 Å². The Morgan fingerprint density at radius 1 is 0.808 bits per heavy atom. The van der Waals surface area contributed by atoms with Gasteiger partial charge in [0, 0.05) is 60.7 Å². The maximum absolute atomic E-state index is 15.9. The van der Waals surface area contributed by atoms with Gasteiger partial charge in [0.1, 0.15) is 5.82 Å². The summed E-state index contributed by atoms with van der Waals surface area (Å²) in [7, 11) is 4.32. The summed E-state index contributed by atoms with van der Waals surface area (Å²) in [6, 6.07) is 26.4. The molecule has 2 heterocycles. The number of carbonyl (C=O) groups is 1. The van der Waals surface area contributed by atoms with E-state index >= 15 is 4.39 Å². The summed E-state index contributed by atoms with van der Waals surface area (Å²) in [5.41, 5.74) is 5.68. The van der Waals surface area contributed by atoms with Crippen LogP contribution in [0.2, 0.25) is 0 Å². The van der Waals surface area contributed by atoms with Crippen molar-refractivity contribution in [1.29, 1.82) is 0 Å². The third-order valence-electron chi connectivity index (χ3n) is 10.1. The summed E-state index contributed by atoms with van der Waals surface area (Å²) >= 11 is 1.50. The van der Waals surface area contributed by atoms with Crippen LogP contribution in [0.1, 0.15) is 85.3 Å². The van der Waals surface area contributed by atoms with Crippen molar-refractivity contribution in [3.63, 3.8) is 0 Å². The van der Waals surface area contributed by atoms with Gasteiger partial charge >= 0.3 is 0 Å². The number of carbonyl (C=O) groups excluding carboxylic acids is 1. The van der Waals surface area contributed by atoms with E-state index < -0.39 is 0 Å². The van der Waals surface area contributed by atoms with Crippen LogP contribution in [0, 0.1) is 31.6 Å². The number of halogens is 1. The van der Waals surface area contributed by atoms with Crippen LogP contribution < -0.4 is 4.57 Å². The first kappa shape index (κ1) is 40.8. The van der Waals surface area contributed by atoms with E-state index in [0.717, 1.165) is 68.9 Å². The number of hydrogen-bond donors (Lipinski definition) is 1. The van der Waals surface area contributed by atoms with Crippen molar-refractivity contribution in [2.75, 3.05) is 0 Å². The van der Waals surface area contributed by atoms with Crippen LogP contribution in [0.25, 0.3) is 53.3 Å². The molecule has 1 radical (unpaired) electrons. The number of hydrogen-bond acceptors (Lipinski definition) is 3. The van der Waals surface area contributed by atoms with Gasteiger partial charge in [-0.2, -0.15) is 12.5 Å². The number of aliphatic hydroxyl groups is 1. The Morgan fingerprint density at radius 3 is 1.98 bits per heavy atom. The molecule has 0 amide bonds. The maximum atomic E-state index is 15.9. The van der Waals surface area contributed by atoms with Crippen LogP contribution in [0.5, 0.6) is 0 Å². The van der Waals surface area contributed by atoms with Gasteiger partial charge in [-0.1, -0.05) is 120 Å². The summed E-state index contributed by atoms with van der Waals surface area (Å²) in [6.07, 6.45) is 6.88. The molecule has 2 aromatic heterocycles. The maximum Gasteiger partial charge on any atom is 0.162 e. The summed E-state index contributed by atoms with van der Waals surface area (Å²) in [5.74, 6) is 0.372. The predicted octanol–water partition coefficient (Wildman–Crippen LogP) is 13.0. The second-order valence-corrected chi connectivity index (χ2v) is 15.4. The van der Waals surface area contributed by atoms with Gasteiger partial charge in [-0.3, -0.25) is 4.79 Å². The largest absolute Gasteiger partial charge is 0.512 e. The molecule has 0 aliphatic heterocycles. The third-order valence-corrected chi connectivity index (χ3v) is 11.4. The average molecular weight is 893 g/mol. The molecule has 1 N–H and O–H groups in total. The normalized spacial score (nSPS) is 12.0. The second-order valence-electron chi connectivity index (χ2n) is 14.4. The minimum absolute atomic E-state index is 0. The molecule has 275 valence electrons. The van der Waals surface area contributed by atoms with Crippen LogP contribution >= 0.6 is 11.3 Å². The molecule has 0 atom stereocenters. The molecule has 0 spiro atoms. The number of ketones is 1. The third kappa shape index (κ3) is 8.15. The van der Waals surface area contributed by atoms with Gasteiger partial charge in [0.2, 0.25) is 0 Å². The van der Waals surface area contributed by atoms with Gasteiger partial charge in [-0.25, -0.2) is 4.39 Å². The summed E-state index contributed by atoms with van der Waals surface area (Å²) in [4.78, 5) is 11.7. The van der Waals surface area contributed by atoms with Crippen LogP contribution in [0.3, 0.4) is 0 Å². The Morgan fingerprint density at radius 2 is 1.38 bits per heavy atom. The van der Waals surface area contributed by atoms with E-state index in [2.05, 4.69) is 65.1 Å². The van der Waals surface area contributed by atoms with Crippen LogP contribution in [-0.4, -0.2) is 10.9 Å². The van der Waals surface area contributed by atoms with Crippen molar-refractivity contribution in [2.24, 2.45) is 11.8 Å². The molecule has 6 heteroatoms. The molecule has 0 saturated heterocycles. The first-order valence-corrected chi connectivity index (χ1v) is 19.0. The fraction of sp³-hybridized carbons (Fsp3) is 0.304. The molecular weight excluding hydrogens is 842 g/mol. The molecule has 0 unspecified atom stereocenters. The van der Waals surface area contributed by atoms with E-state index in [-0.39, 0.29) is 54.7 Å². The average Bonchev–Trinajstić information content (AvgIpc) is 3.50. The Hall–Kier alpha value is -3.96. The smallest absolute Gasteiger partial charge is 0.162 e. The van der Waals surface area contributed by atoms with Crippen molar-refractivity contribution in [3.05, 3.63) is 128 Å². The van der Waals surface area contributed by atoms with Crippen molar-refractivity contribution in [3.8, 4) is 22.4 Å². The first-order valence-electron chi connectivity index (χ1n) is 18.1. The van der Waals surface area contributed by atoms with E-state index in [0.29, 0.717) is 10.3 Å². The van der Waals surface area contributed by atoms with Gasteiger partial charge < -0.3 is 9.67 Å². The van der Waals surface area contributed by atoms with Crippen molar-refractivity contribution < 1.29 is 39.0 Å². The molecule has 6 aromatic rings. The fourth-order valence-electron chi connectivity index (χ4n) is 7.02. The molecule has 0 bridgehead atoms. The number of fused-ring (bicyclic) bond motifs is 4. The second kappa shape index (κ2) is 17.2. The predicted molar refractivity (Wildman–Crippen MR) is 216 cm³/mol. The van der Waals surface area contributed by atoms with Crippen LogP contribution in [-0.2, 0) is 30.3 Å². The molecule has 4 aromatic carbocycles. The van der Waals surface area contributed by atoms with Crippen molar-refractivity contribution >= 4 is 48.1 Å². The number of aliphatic hydroxyl groups excluding tert-OH is 1. The first-order chi connectivity index (χ1) is 24.4. The Labute approximate surface area is 327 Å². The Bertz CT molecular complexity index is 2210. The Kier molecular flexibility index (Phi) is 13.5. The van der Waals surface area contributed by atoms with E-state index in [1.54, 1.807) is 0 Å². The zero-order chi connectivity index (χ0) is 37.0. The van der Waals surface area contributed by atoms with E-state index in [9.17, 15) is 9.90 Å². The van der Waals surface area contributed by atoms with Gasteiger partial charge in [-0.15, -0.1) is 34.4 Å². The van der Waals surface area contributed by atoms with Crippen LogP contribution in [0.4, 0.5) is 4.39 Å². The molecule has 0 saturated carbocycles. The number of benzene rings is 4. The SMILES string of the molecule is CCC(CC)C(=O)/C=C(\O)C(CC)CC.[CH2-]c1c(-c2c3sc4c(F)c(-c5ccccc5)ccc4c3cc[n+]2[CH2-])cc(C(C)(C)C)c2ccccc12.[Ir]. The quantitative estimate of drug-likeness (QED) is 0.0680. The fourth-order valence-corrected chi connectivity index (χ4v) is 8.33. The Balaban J connectivity index is 0.000000323. The van der Waals surface area contributed by atoms with Crippen LogP contribution in [0.15, 0.2) is 96.9 Å². The number of thiophene rings is 1. The van der Waals surface area contributed by atoms with E-state index in [1.807, 2.05) is 87.0 Å². The van der Waals surface area contributed by atoms with Gasteiger partial charge in [0.25, 0.3) is 0 Å². The topological polar surface area (TPSA) is 41.2 Å². The van der Waals surface area contributed by atoms with Gasteiger partial charge in [0.05, 0.1) is 22.3 Å². The minimum Gasteiger partial charge on any atom is -0.512 e. The molecular formula is C46H51FIrNO2S-. The molecule has 52 heavy (non-hydrogen) atoms. The summed E-state index contributed by atoms with van der Waals surface area (Å²) in [5, 5.41) is 14.1. The monoisotopic (exact) mass is 893 g/mol. The molecule has 0 aliphatic carbocycles. The number of pyridine rings is 1. The van der Waals surface area contributed by atoms with Crippen molar-refractivity contribution in [2.45, 2.75) is 79.6 Å². The number of aromatic nitrogens is 1. The van der Waals surface area contributed by atoms with E-state index in [1.165, 1.54) is 28.4 Å². The summed E-state index contributed by atoms with van der Waals surface area (Å²) < 4.78 is 19.5. The molecule has 6 rings (SSSR count). The molecule has 0 fully saturated rings.